The van der Waals surface area contributed by atoms with E-state index in [1.807, 2.05) is 4.90 Å². The highest BCUT2D eigenvalue weighted by Crippen LogP contribution is 2.39. The van der Waals surface area contributed by atoms with Gasteiger partial charge in [0.15, 0.2) is 0 Å². The van der Waals surface area contributed by atoms with E-state index in [1.165, 1.54) is 12.8 Å². The van der Waals surface area contributed by atoms with Crippen LogP contribution in [-0.4, -0.2) is 78.5 Å². The number of carbonyl (C=O) groups excluding carboxylic acids is 1. The molecular formula is C16H27N3O3S. The maximum Gasteiger partial charge on any atom is 0.222 e. The quantitative estimate of drug-likeness (QED) is 0.736. The lowest BCUT2D eigenvalue weighted by molar-refractivity contribution is -0.137. The fraction of sp³-hybridized carbons (Fsp3) is 0.938. The number of carbonyl (C=O) groups is 1. The monoisotopic (exact) mass is 341 g/mol. The maximum atomic E-state index is 12.6. The third kappa shape index (κ3) is 2.91. The lowest BCUT2D eigenvalue weighted by atomic mass is 9.97. The summed E-state index contributed by atoms with van der Waals surface area (Å²) in [5.74, 6) is 0.219. The van der Waals surface area contributed by atoms with E-state index in [2.05, 4.69) is 4.90 Å². The van der Waals surface area contributed by atoms with E-state index >= 15 is 0 Å². The molecule has 4 aliphatic rings. The van der Waals surface area contributed by atoms with Crippen molar-refractivity contribution in [3.05, 3.63) is 0 Å². The van der Waals surface area contributed by atoms with Crippen molar-refractivity contribution in [2.75, 3.05) is 32.7 Å². The number of sulfonamides is 1. The molecule has 0 N–H and O–H groups in total. The molecule has 4 fully saturated rings. The van der Waals surface area contributed by atoms with E-state index in [1.54, 1.807) is 4.31 Å². The number of hydrogen-bond acceptors (Lipinski definition) is 4. The largest absolute Gasteiger partial charge is 0.337 e. The second kappa shape index (κ2) is 6.01. The van der Waals surface area contributed by atoms with Crippen LogP contribution in [0.1, 0.15) is 44.9 Å². The van der Waals surface area contributed by atoms with Crippen molar-refractivity contribution in [1.82, 2.24) is 14.1 Å². The molecule has 3 heterocycles. The number of nitrogens with zero attached hydrogens (tertiary/aromatic N) is 3. The minimum atomic E-state index is -3.12. The summed E-state index contributed by atoms with van der Waals surface area (Å²) in [6.45, 7) is 4.57. The predicted molar refractivity (Wildman–Crippen MR) is 87.5 cm³/mol. The van der Waals surface area contributed by atoms with Gasteiger partial charge in [0.1, 0.15) is 0 Å². The molecule has 3 aliphatic heterocycles. The van der Waals surface area contributed by atoms with Gasteiger partial charge in [0, 0.05) is 38.1 Å². The van der Waals surface area contributed by atoms with Crippen molar-refractivity contribution >= 4 is 15.9 Å². The highest BCUT2D eigenvalue weighted by atomic mass is 32.2. The van der Waals surface area contributed by atoms with Crippen molar-refractivity contribution < 1.29 is 13.2 Å². The molecule has 0 aromatic carbocycles. The highest BCUT2D eigenvalue weighted by Gasteiger charge is 2.51. The molecule has 0 spiro atoms. The Morgan fingerprint density at radius 2 is 1.65 bits per heavy atom. The molecule has 7 heteroatoms. The number of fused-ring (bicyclic) bond motifs is 1. The fourth-order valence-corrected chi connectivity index (χ4v) is 6.63. The second-order valence-corrected chi connectivity index (χ2v) is 9.62. The Morgan fingerprint density at radius 1 is 0.913 bits per heavy atom. The summed E-state index contributed by atoms with van der Waals surface area (Å²) in [5.41, 5.74) is 0. The predicted octanol–water partition coefficient (Wildman–Crippen LogP) is 0.640. The summed E-state index contributed by atoms with van der Waals surface area (Å²) >= 11 is 0. The van der Waals surface area contributed by atoms with Gasteiger partial charge >= 0.3 is 0 Å². The van der Waals surface area contributed by atoms with E-state index in [0.717, 1.165) is 45.4 Å². The zero-order chi connectivity index (χ0) is 16.0. The molecule has 130 valence electrons. The Labute approximate surface area is 138 Å². The topological polar surface area (TPSA) is 60.9 Å². The van der Waals surface area contributed by atoms with Gasteiger partial charge in [-0.2, -0.15) is 4.31 Å². The van der Waals surface area contributed by atoms with Crippen molar-refractivity contribution in [2.45, 2.75) is 62.3 Å². The number of amides is 1. The van der Waals surface area contributed by atoms with Crippen molar-refractivity contribution in [1.29, 1.82) is 0 Å². The molecule has 4 rings (SSSR count). The summed E-state index contributed by atoms with van der Waals surface area (Å²) in [5, 5.41) is -0.142. The summed E-state index contributed by atoms with van der Waals surface area (Å²) < 4.78 is 27.0. The first kappa shape index (κ1) is 15.8. The molecule has 6 nitrogen and oxygen atoms in total. The summed E-state index contributed by atoms with van der Waals surface area (Å²) in [7, 11) is -3.12. The standard InChI is InChI=1S/C16H27N3O3S/c20-16-6-5-15-14(18(16)12-11-17-8-1-2-9-17)7-10-19(15)23(21,22)13-3-4-13/h13-15H,1-12H2/t14-,15-/m0/s1. The fourth-order valence-electron chi connectivity index (χ4n) is 4.53. The molecule has 23 heavy (non-hydrogen) atoms. The smallest absolute Gasteiger partial charge is 0.222 e. The second-order valence-electron chi connectivity index (χ2n) is 7.45. The molecule has 0 unspecified atom stereocenters. The third-order valence-corrected chi connectivity index (χ3v) is 8.38. The van der Waals surface area contributed by atoms with Crippen LogP contribution in [0.2, 0.25) is 0 Å². The van der Waals surface area contributed by atoms with Crippen LogP contribution in [-0.2, 0) is 14.8 Å². The molecule has 3 saturated heterocycles. The van der Waals surface area contributed by atoms with Crippen LogP contribution in [0.15, 0.2) is 0 Å². The minimum Gasteiger partial charge on any atom is -0.337 e. The van der Waals surface area contributed by atoms with E-state index in [4.69, 9.17) is 0 Å². The molecule has 0 aromatic heterocycles. The Bertz CT molecular complexity index is 569. The van der Waals surface area contributed by atoms with Crippen LogP contribution in [0, 0.1) is 0 Å². The Hall–Kier alpha value is -0.660. The molecule has 0 radical (unpaired) electrons. The molecule has 2 atom stereocenters. The molecule has 1 amide bonds. The van der Waals surface area contributed by atoms with Gasteiger partial charge in [0.05, 0.1) is 5.25 Å². The number of rotatable bonds is 5. The first-order valence-electron chi connectivity index (χ1n) is 9.10. The van der Waals surface area contributed by atoms with Crippen LogP contribution in [0.5, 0.6) is 0 Å². The summed E-state index contributed by atoms with van der Waals surface area (Å²) in [6.07, 6.45) is 6.15. The number of likely N-dealkylation sites (tertiary alicyclic amines) is 2. The van der Waals surface area contributed by atoms with Crippen LogP contribution < -0.4 is 0 Å². The maximum absolute atomic E-state index is 12.6. The summed E-state index contributed by atoms with van der Waals surface area (Å²) in [4.78, 5) is 16.8. The normalized spacial score (nSPS) is 33.4. The van der Waals surface area contributed by atoms with Gasteiger partial charge in [-0.3, -0.25) is 4.79 Å². The van der Waals surface area contributed by atoms with Crippen LogP contribution >= 0.6 is 0 Å². The van der Waals surface area contributed by atoms with Crippen molar-refractivity contribution in [3.63, 3.8) is 0 Å². The van der Waals surface area contributed by atoms with E-state index in [9.17, 15) is 13.2 Å². The first-order chi connectivity index (χ1) is 11.1. The molecule has 0 bridgehead atoms. The number of piperidine rings is 1. The molecular weight excluding hydrogens is 314 g/mol. The van der Waals surface area contributed by atoms with Crippen molar-refractivity contribution in [2.24, 2.45) is 0 Å². The zero-order valence-electron chi connectivity index (χ0n) is 13.7. The third-order valence-electron chi connectivity index (χ3n) is 5.96. The lowest BCUT2D eigenvalue weighted by Crippen LogP contribution is -2.55. The highest BCUT2D eigenvalue weighted by molar-refractivity contribution is 7.90. The van der Waals surface area contributed by atoms with Crippen molar-refractivity contribution in [3.8, 4) is 0 Å². The Balaban J connectivity index is 1.44. The SMILES string of the molecule is O=C1CC[C@H]2[C@H](CCN2S(=O)(=O)C2CC2)N1CCN1CCCC1. The van der Waals surface area contributed by atoms with Crippen LogP contribution in [0.4, 0.5) is 0 Å². The van der Waals surface area contributed by atoms with Gasteiger partial charge in [-0.1, -0.05) is 0 Å². The molecule has 1 aliphatic carbocycles. The summed E-state index contributed by atoms with van der Waals surface area (Å²) in [6, 6.07) is 0.129. The van der Waals surface area contributed by atoms with Gasteiger partial charge in [-0.25, -0.2) is 8.42 Å². The molecule has 1 saturated carbocycles. The van der Waals surface area contributed by atoms with E-state index < -0.39 is 10.0 Å². The average molecular weight is 341 g/mol. The van der Waals surface area contributed by atoms with Crippen LogP contribution in [0.25, 0.3) is 0 Å². The lowest BCUT2D eigenvalue weighted by Gasteiger charge is -2.40. The average Bonchev–Trinajstić information content (AvgIpc) is 3.10. The van der Waals surface area contributed by atoms with Gasteiger partial charge < -0.3 is 9.80 Å². The number of hydrogen-bond donors (Lipinski definition) is 0. The van der Waals surface area contributed by atoms with Gasteiger partial charge in [0.25, 0.3) is 0 Å². The minimum absolute atomic E-state index is 0.0249. The van der Waals surface area contributed by atoms with Gasteiger partial charge in [0.2, 0.25) is 15.9 Å². The zero-order valence-corrected chi connectivity index (χ0v) is 14.5. The van der Waals surface area contributed by atoms with E-state index in [0.29, 0.717) is 19.4 Å². The first-order valence-corrected chi connectivity index (χ1v) is 10.6. The Morgan fingerprint density at radius 3 is 2.35 bits per heavy atom. The Kier molecular flexibility index (Phi) is 4.14. The van der Waals surface area contributed by atoms with Gasteiger partial charge in [-0.15, -0.1) is 0 Å². The van der Waals surface area contributed by atoms with E-state index in [-0.39, 0.29) is 23.2 Å². The molecule has 0 aromatic rings. The van der Waals surface area contributed by atoms with Gasteiger partial charge in [-0.05, 0) is 51.6 Å². The van der Waals surface area contributed by atoms with Crippen LogP contribution in [0.3, 0.4) is 0 Å².